The Balaban J connectivity index is 1.37. The van der Waals surface area contributed by atoms with Gasteiger partial charge in [0, 0.05) is 21.0 Å². The van der Waals surface area contributed by atoms with E-state index in [1.54, 1.807) is 0 Å². The molecular weight excluding hydrogens is 440 g/mol. The van der Waals surface area contributed by atoms with Crippen molar-refractivity contribution in [1.29, 1.82) is 0 Å². The molecule has 1 unspecified atom stereocenters. The Bertz CT molecular complexity index is 1070. The van der Waals surface area contributed by atoms with Gasteiger partial charge in [-0.05, 0) is 68.1 Å². The van der Waals surface area contributed by atoms with Crippen molar-refractivity contribution in [3.63, 3.8) is 0 Å². The SMILES string of the molecule is O=S(=O)(Nc1noc2c1CC1(CC1)c1ccc(Br)cc1-2)C1CC2CCC1CC2. The van der Waals surface area contributed by atoms with Gasteiger partial charge >= 0.3 is 0 Å². The fourth-order valence-corrected chi connectivity index (χ4v) is 8.12. The maximum Gasteiger partial charge on any atom is 0.237 e. The first kappa shape index (κ1) is 17.5. The van der Waals surface area contributed by atoms with Crippen LogP contribution in [0.15, 0.2) is 27.2 Å². The molecule has 1 atom stereocenters. The molecular formula is C21H23BrN2O3S. The van der Waals surface area contributed by atoms with Crippen molar-refractivity contribution in [2.75, 3.05) is 4.72 Å². The fraction of sp³-hybridized carbons (Fsp3) is 0.571. The van der Waals surface area contributed by atoms with E-state index in [1.807, 2.05) is 0 Å². The molecule has 7 rings (SSSR count). The number of anilines is 1. The monoisotopic (exact) mass is 462 g/mol. The maximum absolute atomic E-state index is 13.2. The van der Waals surface area contributed by atoms with Gasteiger partial charge in [0.25, 0.3) is 0 Å². The number of nitrogens with zero attached hydrogens (tertiary/aromatic N) is 1. The summed E-state index contributed by atoms with van der Waals surface area (Å²) in [6.07, 6.45) is 8.30. The number of rotatable bonds is 3. The van der Waals surface area contributed by atoms with Crippen LogP contribution in [0.5, 0.6) is 0 Å². The van der Waals surface area contributed by atoms with Gasteiger partial charge < -0.3 is 4.52 Å². The highest BCUT2D eigenvalue weighted by atomic mass is 79.9. The third-order valence-corrected chi connectivity index (χ3v) is 9.92. The van der Waals surface area contributed by atoms with E-state index in [9.17, 15) is 8.42 Å². The number of aromatic nitrogens is 1. The molecule has 4 saturated carbocycles. The number of halogens is 1. The van der Waals surface area contributed by atoms with E-state index >= 15 is 0 Å². The van der Waals surface area contributed by atoms with Gasteiger partial charge in [-0.25, -0.2) is 8.42 Å². The van der Waals surface area contributed by atoms with Crippen LogP contribution in [0.1, 0.15) is 56.1 Å². The molecule has 28 heavy (non-hydrogen) atoms. The lowest BCUT2D eigenvalue weighted by molar-refractivity contribution is 0.179. The van der Waals surface area contributed by atoms with Crippen LogP contribution in [0, 0.1) is 11.8 Å². The van der Waals surface area contributed by atoms with Gasteiger partial charge in [-0.15, -0.1) is 0 Å². The average molecular weight is 463 g/mol. The summed E-state index contributed by atoms with van der Waals surface area (Å²) < 4.78 is 35.9. The topological polar surface area (TPSA) is 72.2 Å². The Morgan fingerprint density at radius 3 is 2.64 bits per heavy atom. The predicted octanol–water partition coefficient (Wildman–Crippen LogP) is 5.01. The Hall–Kier alpha value is -1.34. The van der Waals surface area contributed by atoms with E-state index in [1.165, 1.54) is 18.4 Å². The Kier molecular flexibility index (Phi) is 3.66. The van der Waals surface area contributed by atoms with E-state index in [2.05, 4.69) is 44.0 Å². The van der Waals surface area contributed by atoms with Crippen LogP contribution in [0.2, 0.25) is 0 Å². The van der Waals surface area contributed by atoms with Crippen LogP contribution in [-0.2, 0) is 21.9 Å². The minimum absolute atomic E-state index is 0.124. The highest BCUT2D eigenvalue weighted by Crippen LogP contribution is 2.58. The van der Waals surface area contributed by atoms with E-state index in [-0.39, 0.29) is 16.6 Å². The third-order valence-electron chi connectivity index (χ3n) is 7.57. The van der Waals surface area contributed by atoms with Crippen molar-refractivity contribution in [3.05, 3.63) is 33.8 Å². The molecule has 5 nitrogen and oxygen atoms in total. The molecule has 5 aliphatic rings. The van der Waals surface area contributed by atoms with E-state index in [4.69, 9.17) is 4.52 Å². The van der Waals surface area contributed by atoms with Crippen molar-refractivity contribution in [3.8, 4) is 11.3 Å². The average Bonchev–Trinajstić information content (AvgIpc) is 3.36. The minimum atomic E-state index is -3.45. The molecule has 1 heterocycles. The predicted molar refractivity (Wildman–Crippen MR) is 111 cm³/mol. The normalized spacial score (nSPS) is 29.4. The second kappa shape index (κ2) is 5.85. The Morgan fingerprint density at radius 2 is 1.96 bits per heavy atom. The lowest BCUT2D eigenvalue weighted by Crippen LogP contribution is -2.43. The number of fused-ring (bicyclic) bond motifs is 7. The molecule has 2 aromatic rings. The van der Waals surface area contributed by atoms with Gasteiger partial charge in [-0.1, -0.05) is 40.0 Å². The first-order chi connectivity index (χ1) is 13.5. The van der Waals surface area contributed by atoms with Crippen molar-refractivity contribution >= 4 is 31.8 Å². The maximum atomic E-state index is 13.2. The number of benzene rings is 1. The van der Waals surface area contributed by atoms with Crippen molar-refractivity contribution in [2.24, 2.45) is 11.8 Å². The second-order valence-electron chi connectivity index (χ2n) is 9.19. The van der Waals surface area contributed by atoms with E-state index < -0.39 is 10.0 Å². The van der Waals surface area contributed by atoms with Gasteiger partial charge in [0.05, 0.1) is 5.25 Å². The molecule has 1 spiro atoms. The molecule has 4 fully saturated rings. The van der Waals surface area contributed by atoms with Crippen LogP contribution in [-0.4, -0.2) is 18.8 Å². The van der Waals surface area contributed by atoms with E-state index in [0.717, 1.165) is 59.9 Å². The van der Waals surface area contributed by atoms with Gasteiger partial charge in [0.2, 0.25) is 10.0 Å². The third kappa shape index (κ3) is 2.54. The number of hydrogen-bond acceptors (Lipinski definition) is 4. The molecule has 0 radical (unpaired) electrons. The zero-order valence-corrected chi connectivity index (χ0v) is 18.0. The van der Waals surface area contributed by atoms with Crippen molar-refractivity contribution in [1.82, 2.24) is 5.16 Å². The van der Waals surface area contributed by atoms with Gasteiger partial charge in [-0.3, -0.25) is 4.72 Å². The van der Waals surface area contributed by atoms with Crippen LogP contribution in [0.4, 0.5) is 5.82 Å². The van der Waals surface area contributed by atoms with Gasteiger partial charge in [0.1, 0.15) is 0 Å². The smallest absolute Gasteiger partial charge is 0.237 e. The first-order valence-corrected chi connectivity index (χ1v) is 12.6. The van der Waals surface area contributed by atoms with Crippen LogP contribution < -0.4 is 4.72 Å². The standard InChI is InChI=1S/C21H23BrN2O3S/c22-14-5-6-17-15(10-14)19-16(11-21(17)7-8-21)20(23-27-19)24-28(25,26)18-9-12-1-3-13(18)4-2-12/h5-6,10,12-13,18H,1-4,7-9,11H2,(H,23,24). The zero-order valence-electron chi connectivity index (χ0n) is 15.6. The summed E-state index contributed by atoms with van der Waals surface area (Å²) in [5, 5.41) is 3.90. The molecule has 0 amide bonds. The molecule has 148 valence electrons. The summed E-state index contributed by atoms with van der Waals surface area (Å²) in [5.41, 5.74) is 3.40. The summed E-state index contributed by atoms with van der Waals surface area (Å²) in [4.78, 5) is 0. The van der Waals surface area contributed by atoms with Crippen LogP contribution in [0.25, 0.3) is 11.3 Å². The zero-order chi connectivity index (χ0) is 19.1. The second-order valence-corrected chi connectivity index (χ2v) is 12.0. The molecule has 1 aromatic carbocycles. The van der Waals surface area contributed by atoms with Crippen LogP contribution >= 0.6 is 15.9 Å². The Morgan fingerprint density at radius 1 is 1.18 bits per heavy atom. The fourth-order valence-electron chi connectivity index (χ4n) is 5.87. The highest BCUT2D eigenvalue weighted by molar-refractivity contribution is 9.10. The number of hydrogen-bond donors (Lipinski definition) is 1. The van der Waals surface area contributed by atoms with Crippen LogP contribution in [0.3, 0.4) is 0 Å². The quantitative estimate of drug-likeness (QED) is 0.695. The molecule has 0 aliphatic heterocycles. The highest BCUT2D eigenvalue weighted by Gasteiger charge is 2.51. The molecule has 1 N–H and O–H groups in total. The molecule has 2 bridgehead atoms. The van der Waals surface area contributed by atoms with Gasteiger partial charge in [-0.2, -0.15) is 0 Å². The minimum Gasteiger partial charge on any atom is -0.354 e. The molecule has 0 saturated heterocycles. The summed E-state index contributed by atoms with van der Waals surface area (Å²) in [6, 6.07) is 6.30. The first-order valence-electron chi connectivity index (χ1n) is 10.3. The summed E-state index contributed by atoms with van der Waals surface area (Å²) >= 11 is 3.55. The molecule has 5 aliphatic carbocycles. The van der Waals surface area contributed by atoms with E-state index in [0.29, 0.717) is 11.7 Å². The summed E-state index contributed by atoms with van der Waals surface area (Å²) in [6.45, 7) is 0. The van der Waals surface area contributed by atoms with Crippen molar-refractivity contribution < 1.29 is 12.9 Å². The van der Waals surface area contributed by atoms with Gasteiger partial charge in [0.15, 0.2) is 11.6 Å². The molecule has 1 aromatic heterocycles. The lowest BCUT2D eigenvalue weighted by atomic mass is 9.70. The lowest BCUT2D eigenvalue weighted by Gasteiger charge is -2.41. The summed E-state index contributed by atoms with van der Waals surface area (Å²) in [5.74, 6) is 1.98. The summed E-state index contributed by atoms with van der Waals surface area (Å²) in [7, 11) is -3.45. The largest absolute Gasteiger partial charge is 0.354 e. The number of nitrogens with one attached hydrogen (secondary N) is 1. The molecule has 7 heteroatoms. The Labute approximate surface area is 173 Å². The number of sulfonamides is 1. The van der Waals surface area contributed by atoms with Crippen molar-refractivity contribution in [2.45, 2.75) is 62.0 Å².